The predicted octanol–water partition coefficient (Wildman–Crippen LogP) is 2.17. The first-order valence-corrected chi connectivity index (χ1v) is 10.4. The minimum absolute atomic E-state index is 0.0801. The molecule has 27 heavy (non-hydrogen) atoms. The number of anilines is 3. The van der Waals surface area contributed by atoms with Crippen molar-refractivity contribution in [2.24, 2.45) is 0 Å². The number of benzene rings is 1. The van der Waals surface area contributed by atoms with Crippen LogP contribution < -0.4 is 19.7 Å². The number of hydrogen-bond donors (Lipinski definition) is 1. The topological polar surface area (TPSA) is 93.7 Å². The van der Waals surface area contributed by atoms with Crippen molar-refractivity contribution >= 4 is 27.3 Å². The number of rotatable bonds is 6. The monoisotopic (exact) mass is 392 g/mol. The fourth-order valence-electron chi connectivity index (χ4n) is 3.09. The Morgan fingerprint density at radius 1 is 1.19 bits per heavy atom. The van der Waals surface area contributed by atoms with Crippen LogP contribution in [-0.4, -0.2) is 57.2 Å². The molecule has 0 amide bonds. The first kappa shape index (κ1) is 19.2. The van der Waals surface area contributed by atoms with E-state index < -0.39 is 9.84 Å². The average Bonchev–Trinajstić information content (AvgIpc) is 3.00. The smallest absolute Gasteiger partial charge is 0.229 e. The third-order valence-corrected chi connectivity index (χ3v) is 6.36. The van der Waals surface area contributed by atoms with Gasteiger partial charge in [0.2, 0.25) is 5.95 Å². The number of methoxy groups -OCH3 is 2. The Kier molecular flexibility index (Phi) is 5.41. The van der Waals surface area contributed by atoms with Crippen LogP contribution in [0.1, 0.15) is 12.1 Å². The summed E-state index contributed by atoms with van der Waals surface area (Å²) in [5, 5.41) is 3.17. The molecule has 1 atom stereocenters. The maximum atomic E-state index is 11.8. The van der Waals surface area contributed by atoms with Crippen molar-refractivity contribution in [3.8, 4) is 11.5 Å². The molecule has 146 valence electrons. The summed E-state index contributed by atoms with van der Waals surface area (Å²) in [5.74, 6) is 2.77. The minimum Gasteiger partial charge on any atom is -0.497 e. The van der Waals surface area contributed by atoms with Crippen molar-refractivity contribution in [2.45, 2.75) is 19.4 Å². The molecular formula is C18H24N4O4S. The minimum atomic E-state index is -2.97. The van der Waals surface area contributed by atoms with E-state index in [0.29, 0.717) is 35.4 Å². The van der Waals surface area contributed by atoms with Crippen LogP contribution in [0.25, 0.3) is 0 Å². The van der Waals surface area contributed by atoms with Gasteiger partial charge in [-0.2, -0.15) is 4.98 Å². The highest BCUT2D eigenvalue weighted by Gasteiger charge is 2.31. The summed E-state index contributed by atoms with van der Waals surface area (Å²) in [5.41, 5.74) is 1.46. The Morgan fingerprint density at radius 3 is 2.59 bits per heavy atom. The van der Waals surface area contributed by atoms with Crippen LogP contribution >= 0.6 is 0 Å². The van der Waals surface area contributed by atoms with Crippen LogP contribution in [-0.2, 0) is 9.84 Å². The number of nitrogens with zero attached hydrogens (tertiary/aromatic N) is 3. The summed E-state index contributed by atoms with van der Waals surface area (Å²) in [6, 6.07) is 7.17. The van der Waals surface area contributed by atoms with Gasteiger partial charge in [-0.25, -0.2) is 13.4 Å². The van der Waals surface area contributed by atoms with Crippen molar-refractivity contribution in [2.75, 3.05) is 43.0 Å². The van der Waals surface area contributed by atoms with Gasteiger partial charge in [0.1, 0.15) is 17.3 Å². The molecular weight excluding hydrogens is 368 g/mol. The fourth-order valence-corrected chi connectivity index (χ4v) is 4.86. The molecule has 2 aromatic rings. The Hall–Kier alpha value is -2.55. The molecule has 0 saturated carbocycles. The van der Waals surface area contributed by atoms with Crippen molar-refractivity contribution in [3.63, 3.8) is 0 Å². The number of nitrogens with one attached hydrogen (secondary N) is 1. The third kappa shape index (κ3) is 4.41. The number of hydrogen-bond acceptors (Lipinski definition) is 8. The van der Waals surface area contributed by atoms with Crippen LogP contribution in [0.3, 0.4) is 0 Å². The summed E-state index contributed by atoms with van der Waals surface area (Å²) in [6.45, 7) is 1.87. The molecule has 8 nitrogen and oxygen atoms in total. The molecule has 0 spiro atoms. The van der Waals surface area contributed by atoms with Crippen molar-refractivity contribution in [1.82, 2.24) is 9.97 Å². The lowest BCUT2D eigenvalue weighted by molar-refractivity contribution is 0.405. The molecule has 3 rings (SSSR count). The quantitative estimate of drug-likeness (QED) is 0.799. The van der Waals surface area contributed by atoms with Crippen molar-refractivity contribution < 1.29 is 17.9 Å². The molecule has 1 fully saturated rings. The van der Waals surface area contributed by atoms with Gasteiger partial charge in [0.05, 0.1) is 31.4 Å². The van der Waals surface area contributed by atoms with E-state index in [9.17, 15) is 8.42 Å². The molecule has 1 N–H and O–H groups in total. The zero-order chi connectivity index (χ0) is 19.6. The van der Waals surface area contributed by atoms with E-state index in [4.69, 9.17) is 9.47 Å². The Morgan fingerprint density at radius 2 is 1.96 bits per heavy atom. The van der Waals surface area contributed by atoms with E-state index in [1.165, 1.54) is 0 Å². The number of aryl methyl sites for hydroxylation is 1. The molecule has 9 heteroatoms. The third-order valence-electron chi connectivity index (χ3n) is 4.61. The molecule has 0 bridgehead atoms. The summed E-state index contributed by atoms with van der Waals surface area (Å²) in [7, 11) is 2.08. The second-order valence-corrected chi connectivity index (χ2v) is 8.78. The number of aromatic nitrogens is 2. The van der Waals surface area contributed by atoms with E-state index in [0.717, 1.165) is 5.69 Å². The van der Waals surface area contributed by atoms with Gasteiger partial charge < -0.3 is 19.7 Å². The summed E-state index contributed by atoms with van der Waals surface area (Å²) < 4.78 is 34.2. The average molecular weight is 392 g/mol. The van der Waals surface area contributed by atoms with Gasteiger partial charge in [-0.3, -0.25) is 0 Å². The molecule has 1 aliphatic heterocycles. The lowest BCUT2D eigenvalue weighted by Gasteiger charge is -2.25. The van der Waals surface area contributed by atoms with E-state index in [2.05, 4.69) is 15.3 Å². The van der Waals surface area contributed by atoms with Crippen molar-refractivity contribution in [1.29, 1.82) is 0 Å². The van der Waals surface area contributed by atoms with Crippen LogP contribution in [0.4, 0.5) is 17.5 Å². The van der Waals surface area contributed by atoms with Crippen molar-refractivity contribution in [3.05, 3.63) is 30.0 Å². The van der Waals surface area contributed by atoms with Crippen LogP contribution in [0.15, 0.2) is 24.3 Å². The first-order valence-electron chi connectivity index (χ1n) is 8.59. The SMILES string of the molecule is COc1ccc(OC)c(Nc2nc(C)cc(N(C)C3CCS(=O)(=O)C3)n2)c1. The molecule has 0 radical (unpaired) electrons. The summed E-state index contributed by atoms with van der Waals surface area (Å²) in [4.78, 5) is 10.9. The Balaban J connectivity index is 1.88. The van der Waals surface area contributed by atoms with Gasteiger partial charge in [-0.15, -0.1) is 0 Å². The standard InChI is InChI=1S/C18H24N4O4S/c1-12-9-17(22(2)13-7-8-27(23,24)11-13)21-18(19-12)20-15-10-14(25-3)5-6-16(15)26-4/h5-6,9-10,13H,7-8,11H2,1-4H3,(H,19,20,21). The van der Waals surface area contributed by atoms with E-state index in [-0.39, 0.29) is 17.5 Å². The Bertz CT molecular complexity index is 933. The highest BCUT2D eigenvalue weighted by atomic mass is 32.2. The number of ether oxygens (including phenoxy) is 2. The molecule has 0 aliphatic carbocycles. The second-order valence-electron chi connectivity index (χ2n) is 6.55. The molecule has 1 saturated heterocycles. The van der Waals surface area contributed by atoms with Crippen LogP contribution in [0.5, 0.6) is 11.5 Å². The van der Waals surface area contributed by atoms with E-state index in [1.54, 1.807) is 32.4 Å². The molecule has 1 aliphatic rings. The largest absolute Gasteiger partial charge is 0.497 e. The maximum Gasteiger partial charge on any atom is 0.229 e. The van der Waals surface area contributed by atoms with Gasteiger partial charge in [-0.1, -0.05) is 0 Å². The van der Waals surface area contributed by atoms with Gasteiger partial charge >= 0.3 is 0 Å². The van der Waals surface area contributed by atoms with Crippen LogP contribution in [0, 0.1) is 6.92 Å². The molecule has 1 aromatic carbocycles. The van der Waals surface area contributed by atoms with E-state index in [1.807, 2.05) is 24.9 Å². The van der Waals surface area contributed by atoms with Gasteiger partial charge in [-0.05, 0) is 25.5 Å². The normalized spacial score (nSPS) is 18.1. The highest BCUT2D eigenvalue weighted by molar-refractivity contribution is 7.91. The fraction of sp³-hybridized carbons (Fsp3) is 0.444. The predicted molar refractivity (Wildman–Crippen MR) is 105 cm³/mol. The zero-order valence-corrected chi connectivity index (χ0v) is 16.7. The first-order chi connectivity index (χ1) is 12.8. The van der Waals surface area contributed by atoms with E-state index >= 15 is 0 Å². The van der Waals surface area contributed by atoms with Crippen LogP contribution in [0.2, 0.25) is 0 Å². The molecule has 1 unspecified atom stereocenters. The maximum absolute atomic E-state index is 11.8. The second kappa shape index (κ2) is 7.59. The van der Waals surface area contributed by atoms with Gasteiger partial charge in [0.15, 0.2) is 9.84 Å². The lowest BCUT2D eigenvalue weighted by Crippen LogP contribution is -2.33. The number of sulfone groups is 1. The summed E-state index contributed by atoms with van der Waals surface area (Å²) in [6.07, 6.45) is 0.606. The summed E-state index contributed by atoms with van der Waals surface area (Å²) >= 11 is 0. The van der Waals surface area contributed by atoms with Gasteiger partial charge in [0, 0.05) is 30.9 Å². The molecule has 1 aromatic heterocycles. The van der Waals surface area contributed by atoms with Gasteiger partial charge in [0.25, 0.3) is 0 Å². The lowest BCUT2D eigenvalue weighted by atomic mass is 10.2. The zero-order valence-electron chi connectivity index (χ0n) is 15.9. The Labute approximate surface area is 159 Å². The highest BCUT2D eigenvalue weighted by Crippen LogP contribution is 2.31. The molecule has 2 heterocycles.